The second kappa shape index (κ2) is 4.44. The number of carbonyl (C=O) groups is 1. The first-order valence-electron chi connectivity index (χ1n) is 5.59. The van der Waals surface area contributed by atoms with Crippen molar-refractivity contribution in [2.24, 2.45) is 5.92 Å². The fourth-order valence-electron chi connectivity index (χ4n) is 1.95. The molecule has 0 radical (unpaired) electrons. The summed E-state index contributed by atoms with van der Waals surface area (Å²) in [6.45, 7) is 1.15. The van der Waals surface area contributed by atoms with Gasteiger partial charge < -0.3 is 10.0 Å². The summed E-state index contributed by atoms with van der Waals surface area (Å²) < 4.78 is 1.16. The predicted molar refractivity (Wildman–Crippen MR) is 74.7 cm³/mol. The maximum atomic E-state index is 10.8. The van der Waals surface area contributed by atoms with E-state index in [1.165, 1.54) is 4.90 Å². The van der Waals surface area contributed by atoms with Crippen LogP contribution in [0.25, 0.3) is 10.2 Å². The number of carboxylic acids is 1. The Morgan fingerprint density at radius 1 is 1.56 bits per heavy atom. The molecule has 0 amide bonds. The van der Waals surface area contributed by atoms with E-state index in [-0.39, 0.29) is 5.92 Å². The van der Waals surface area contributed by atoms with Crippen LogP contribution in [0, 0.1) is 5.92 Å². The van der Waals surface area contributed by atoms with E-state index in [9.17, 15) is 4.79 Å². The molecule has 6 heteroatoms. The molecule has 3 rings (SSSR count). The van der Waals surface area contributed by atoms with Gasteiger partial charge in [-0.3, -0.25) is 4.79 Å². The van der Waals surface area contributed by atoms with E-state index < -0.39 is 5.97 Å². The Kier molecular flexibility index (Phi) is 2.91. The summed E-state index contributed by atoms with van der Waals surface area (Å²) in [6.07, 6.45) is 2.05. The zero-order chi connectivity index (χ0) is 12.7. The molecule has 1 aliphatic heterocycles. The monoisotopic (exact) mass is 280 g/mol. The first kappa shape index (κ1) is 11.8. The number of thiazole rings is 1. The van der Waals surface area contributed by atoms with Crippen molar-refractivity contribution in [3.8, 4) is 0 Å². The van der Waals surface area contributed by atoms with Crippen LogP contribution in [0.4, 0.5) is 5.13 Å². The van der Waals surface area contributed by atoms with Crippen LogP contribution in [0.2, 0.25) is 0 Å². The zero-order valence-corrected chi connectivity index (χ0v) is 11.4. The fraction of sp³-hybridized carbons (Fsp3) is 0.333. The van der Waals surface area contributed by atoms with E-state index in [0.717, 1.165) is 15.3 Å². The minimum absolute atomic E-state index is 0.237. The molecule has 0 bridgehead atoms. The van der Waals surface area contributed by atoms with E-state index in [2.05, 4.69) is 23.4 Å². The smallest absolute Gasteiger partial charge is 0.310 e. The third-order valence-electron chi connectivity index (χ3n) is 3.09. The SMILES string of the molecule is CSc1ccc2nc(N3CC(C(=O)O)C3)sc2c1. The minimum Gasteiger partial charge on any atom is -0.481 e. The highest BCUT2D eigenvalue weighted by molar-refractivity contribution is 7.98. The lowest BCUT2D eigenvalue weighted by Crippen LogP contribution is -2.50. The van der Waals surface area contributed by atoms with Crippen molar-refractivity contribution in [1.29, 1.82) is 0 Å². The standard InChI is InChI=1S/C12H12N2O2S2/c1-17-8-2-3-9-10(4-8)18-12(13-9)14-5-7(6-14)11(15)16/h2-4,7H,5-6H2,1H3,(H,15,16). The molecule has 1 N–H and O–H groups in total. The van der Waals surface area contributed by atoms with Crippen molar-refractivity contribution < 1.29 is 9.90 Å². The van der Waals surface area contributed by atoms with Crippen LogP contribution in [-0.2, 0) is 4.79 Å². The maximum absolute atomic E-state index is 10.8. The van der Waals surface area contributed by atoms with Crippen molar-refractivity contribution in [2.45, 2.75) is 4.90 Å². The maximum Gasteiger partial charge on any atom is 0.310 e. The second-order valence-corrected chi connectivity index (χ2v) is 6.16. The number of hydrogen-bond acceptors (Lipinski definition) is 5. The van der Waals surface area contributed by atoms with Crippen molar-refractivity contribution in [3.05, 3.63) is 18.2 Å². The van der Waals surface area contributed by atoms with Gasteiger partial charge in [-0.15, -0.1) is 11.8 Å². The number of aromatic nitrogens is 1. The highest BCUT2D eigenvalue weighted by Crippen LogP contribution is 2.34. The number of aliphatic carboxylic acids is 1. The fourth-order valence-corrected chi connectivity index (χ4v) is 3.48. The van der Waals surface area contributed by atoms with Gasteiger partial charge in [0.25, 0.3) is 0 Å². The quantitative estimate of drug-likeness (QED) is 0.876. The Hall–Kier alpha value is -1.27. The van der Waals surface area contributed by atoms with Crippen molar-refractivity contribution >= 4 is 44.4 Å². The summed E-state index contributed by atoms with van der Waals surface area (Å²) >= 11 is 3.35. The molecule has 1 saturated heterocycles. The molecule has 4 nitrogen and oxygen atoms in total. The number of thioether (sulfide) groups is 1. The van der Waals surface area contributed by atoms with Crippen LogP contribution >= 0.6 is 23.1 Å². The van der Waals surface area contributed by atoms with Crippen LogP contribution in [-0.4, -0.2) is 35.4 Å². The lowest BCUT2D eigenvalue weighted by molar-refractivity contribution is -0.142. The Morgan fingerprint density at radius 3 is 3.00 bits per heavy atom. The summed E-state index contributed by atoms with van der Waals surface area (Å²) in [7, 11) is 0. The Labute approximate surface area is 113 Å². The van der Waals surface area contributed by atoms with E-state index in [1.807, 2.05) is 11.0 Å². The summed E-state index contributed by atoms with van der Waals surface area (Å²) in [5.74, 6) is -0.948. The molecule has 0 unspecified atom stereocenters. The molecule has 94 valence electrons. The first-order valence-corrected chi connectivity index (χ1v) is 7.64. The molecule has 2 aromatic rings. The molecule has 0 spiro atoms. The number of anilines is 1. The van der Waals surface area contributed by atoms with Gasteiger partial charge in [0, 0.05) is 18.0 Å². The summed E-state index contributed by atoms with van der Waals surface area (Å²) in [5, 5.41) is 9.79. The Balaban J connectivity index is 1.84. The molecule has 1 aromatic carbocycles. The highest BCUT2D eigenvalue weighted by Gasteiger charge is 2.34. The van der Waals surface area contributed by atoms with Gasteiger partial charge in [-0.1, -0.05) is 11.3 Å². The van der Waals surface area contributed by atoms with Gasteiger partial charge in [0.1, 0.15) is 0 Å². The molecule has 1 aliphatic rings. The zero-order valence-electron chi connectivity index (χ0n) is 9.79. The third kappa shape index (κ3) is 1.95. The third-order valence-corrected chi connectivity index (χ3v) is 4.89. The van der Waals surface area contributed by atoms with Crippen molar-refractivity contribution in [1.82, 2.24) is 4.98 Å². The average Bonchev–Trinajstić information content (AvgIpc) is 2.68. The summed E-state index contributed by atoms with van der Waals surface area (Å²) in [6, 6.07) is 6.22. The van der Waals surface area contributed by atoms with Gasteiger partial charge >= 0.3 is 5.97 Å². The largest absolute Gasteiger partial charge is 0.481 e. The molecule has 1 aromatic heterocycles. The second-order valence-electron chi connectivity index (χ2n) is 4.27. The molecular weight excluding hydrogens is 268 g/mol. The number of hydrogen-bond donors (Lipinski definition) is 1. The molecule has 1 fully saturated rings. The van der Waals surface area contributed by atoms with Crippen LogP contribution < -0.4 is 4.90 Å². The minimum atomic E-state index is -0.711. The number of nitrogens with zero attached hydrogens (tertiary/aromatic N) is 2. The lowest BCUT2D eigenvalue weighted by atomic mass is 10.0. The molecule has 0 aliphatic carbocycles. The molecule has 18 heavy (non-hydrogen) atoms. The first-order chi connectivity index (χ1) is 8.67. The van der Waals surface area contributed by atoms with Crippen molar-refractivity contribution in [3.63, 3.8) is 0 Å². The summed E-state index contributed by atoms with van der Waals surface area (Å²) in [4.78, 5) is 18.6. The molecule has 0 atom stereocenters. The predicted octanol–water partition coefficient (Wildman–Crippen LogP) is 2.54. The molecule has 0 saturated carbocycles. The lowest BCUT2D eigenvalue weighted by Gasteiger charge is -2.36. The number of benzene rings is 1. The normalized spacial score (nSPS) is 15.9. The summed E-state index contributed by atoms with van der Waals surface area (Å²) in [5.41, 5.74) is 0.992. The van der Waals surface area contributed by atoms with E-state index in [1.54, 1.807) is 23.1 Å². The topological polar surface area (TPSA) is 53.4 Å². The number of fused-ring (bicyclic) bond motifs is 1. The van der Waals surface area contributed by atoms with Gasteiger partial charge in [-0.25, -0.2) is 4.98 Å². The number of carboxylic acid groups (broad SMARTS) is 1. The van der Waals surface area contributed by atoms with Gasteiger partial charge in [0.15, 0.2) is 5.13 Å². The average molecular weight is 280 g/mol. The van der Waals surface area contributed by atoms with Gasteiger partial charge in [0.05, 0.1) is 16.1 Å². The highest BCUT2D eigenvalue weighted by atomic mass is 32.2. The van der Waals surface area contributed by atoms with Crippen LogP contribution in [0.1, 0.15) is 0 Å². The van der Waals surface area contributed by atoms with Crippen molar-refractivity contribution in [2.75, 3.05) is 24.2 Å². The van der Waals surface area contributed by atoms with Gasteiger partial charge in [0.2, 0.25) is 0 Å². The van der Waals surface area contributed by atoms with E-state index >= 15 is 0 Å². The van der Waals surface area contributed by atoms with Gasteiger partial charge in [-0.05, 0) is 24.5 Å². The molecule has 2 heterocycles. The van der Waals surface area contributed by atoms with Gasteiger partial charge in [-0.2, -0.15) is 0 Å². The Bertz CT molecular complexity index is 605. The Morgan fingerprint density at radius 2 is 2.33 bits per heavy atom. The van der Waals surface area contributed by atoms with Crippen LogP contribution in [0.15, 0.2) is 23.1 Å². The van der Waals surface area contributed by atoms with Crippen LogP contribution in [0.5, 0.6) is 0 Å². The van der Waals surface area contributed by atoms with Crippen LogP contribution in [0.3, 0.4) is 0 Å². The van der Waals surface area contributed by atoms with E-state index in [0.29, 0.717) is 13.1 Å². The number of rotatable bonds is 3. The molecular formula is C12H12N2O2S2. The van der Waals surface area contributed by atoms with E-state index in [4.69, 9.17) is 5.11 Å².